The molecule has 9 heteroatoms. The van der Waals surface area contributed by atoms with Gasteiger partial charge in [0.15, 0.2) is 0 Å². The first-order valence-corrected chi connectivity index (χ1v) is 9.18. The van der Waals surface area contributed by atoms with Crippen molar-refractivity contribution in [2.75, 3.05) is 43.4 Å². The summed E-state index contributed by atoms with van der Waals surface area (Å²) >= 11 is 11.8. The molecule has 0 unspecified atom stereocenters. The SMILES string of the molecule is CS(=O)(=O)N(CC(=O)N1CCOCC1)c1ccc(Cl)c(Cl)c1. The molecule has 0 aliphatic carbocycles. The van der Waals surface area contributed by atoms with Gasteiger partial charge < -0.3 is 9.64 Å². The summed E-state index contributed by atoms with van der Waals surface area (Å²) in [5, 5.41) is 0.546. The molecule has 1 aromatic carbocycles. The quantitative estimate of drug-likeness (QED) is 0.811. The number of ether oxygens (including phenoxy) is 1. The Morgan fingerprint density at radius 1 is 1.27 bits per heavy atom. The third kappa shape index (κ3) is 4.25. The number of nitrogens with zero attached hydrogens (tertiary/aromatic N) is 2. The first-order chi connectivity index (χ1) is 10.3. The summed E-state index contributed by atoms with van der Waals surface area (Å²) < 4.78 is 30.2. The van der Waals surface area contributed by atoms with Crippen LogP contribution in [0.15, 0.2) is 18.2 Å². The maximum Gasteiger partial charge on any atom is 0.243 e. The number of hydrogen-bond acceptors (Lipinski definition) is 4. The minimum absolute atomic E-state index is 0.228. The van der Waals surface area contributed by atoms with E-state index in [4.69, 9.17) is 27.9 Å². The summed E-state index contributed by atoms with van der Waals surface area (Å²) in [7, 11) is -3.63. The fourth-order valence-electron chi connectivity index (χ4n) is 2.08. The van der Waals surface area contributed by atoms with Gasteiger partial charge in [0.25, 0.3) is 0 Å². The van der Waals surface area contributed by atoms with Crippen LogP contribution in [0.5, 0.6) is 0 Å². The second-order valence-electron chi connectivity index (χ2n) is 4.86. The van der Waals surface area contributed by atoms with E-state index in [1.807, 2.05) is 0 Å². The van der Waals surface area contributed by atoms with Gasteiger partial charge in [-0.2, -0.15) is 0 Å². The highest BCUT2D eigenvalue weighted by molar-refractivity contribution is 7.92. The number of amides is 1. The van der Waals surface area contributed by atoms with Crippen molar-refractivity contribution in [3.63, 3.8) is 0 Å². The lowest BCUT2D eigenvalue weighted by molar-refractivity contribution is -0.133. The van der Waals surface area contributed by atoms with Gasteiger partial charge in [-0.15, -0.1) is 0 Å². The molecule has 1 heterocycles. The molecule has 1 fully saturated rings. The highest BCUT2D eigenvalue weighted by atomic mass is 35.5. The maximum absolute atomic E-state index is 12.3. The van der Waals surface area contributed by atoms with E-state index < -0.39 is 10.0 Å². The molecule has 1 aliphatic rings. The van der Waals surface area contributed by atoms with Crippen LogP contribution in [0.3, 0.4) is 0 Å². The average Bonchev–Trinajstić information content (AvgIpc) is 2.47. The molecule has 0 radical (unpaired) electrons. The molecule has 0 bridgehead atoms. The molecule has 22 heavy (non-hydrogen) atoms. The molecule has 1 aromatic rings. The summed E-state index contributed by atoms with van der Waals surface area (Å²) in [6, 6.07) is 4.44. The van der Waals surface area contributed by atoms with Gasteiger partial charge in [0.1, 0.15) is 6.54 Å². The van der Waals surface area contributed by atoms with Gasteiger partial charge in [-0.3, -0.25) is 9.10 Å². The van der Waals surface area contributed by atoms with Gasteiger partial charge in [-0.05, 0) is 18.2 Å². The smallest absolute Gasteiger partial charge is 0.243 e. The van der Waals surface area contributed by atoms with Gasteiger partial charge in [0.05, 0.1) is 35.2 Å². The molecule has 0 atom stereocenters. The number of halogens is 2. The third-order valence-electron chi connectivity index (χ3n) is 3.23. The Bertz CT molecular complexity index is 660. The Morgan fingerprint density at radius 3 is 2.45 bits per heavy atom. The lowest BCUT2D eigenvalue weighted by Crippen LogP contribution is -2.47. The number of sulfonamides is 1. The van der Waals surface area contributed by atoms with E-state index in [0.717, 1.165) is 10.6 Å². The molecule has 6 nitrogen and oxygen atoms in total. The number of morpholine rings is 1. The molecule has 122 valence electrons. The van der Waals surface area contributed by atoms with Gasteiger partial charge in [-0.1, -0.05) is 23.2 Å². The Balaban J connectivity index is 2.23. The van der Waals surface area contributed by atoms with Crippen LogP contribution in [0, 0.1) is 0 Å². The lowest BCUT2D eigenvalue weighted by atomic mass is 10.3. The van der Waals surface area contributed by atoms with Gasteiger partial charge in [0, 0.05) is 13.1 Å². The fraction of sp³-hybridized carbons (Fsp3) is 0.462. The molecule has 1 amide bonds. The van der Waals surface area contributed by atoms with Crippen LogP contribution in [0.4, 0.5) is 5.69 Å². The predicted molar refractivity (Wildman–Crippen MR) is 86.1 cm³/mol. The first-order valence-electron chi connectivity index (χ1n) is 6.57. The molecule has 0 saturated carbocycles. The highest BCUT2D eigenvalue weighted by Crippen LogP contribution is 2.28. The van der Waals surface area contributed by atoms with Crippen molar-refractivity contribution in [2.45, 2.75) is 0 Å². The second-order valence-corrected chi connectivity index (χ2v) is 7.58. The van der Waals surface area contributed by atoms with Crippen LogP contribution >= 0.6 is 23.2 Å². The maximum atomic E-state index is 12.3. The molecular formula is C13H16Cl2N2O4S. The van der Waals surface area contributed by atoms with Crippen molar-refractivity contribution in [3.8, 4) is 0 Å². The van der Waals surface area contributed by atoms with E-state index in [1.165, 1.54) is 18.2 Å². The first kappa shape index (κ1) is 17.3. The number of hydrogen-bond donors (Lipinski definition) is 0. The summed E-state index contributed by atoms with van der Waals surface area (Å²) in [6.45, 7) is 1.54. The predicted octanol–water partition coefficient (Wildman–Crippen LogP) is 1.62. The number of carbonyl (C=O) groups is 1. The second kappa shape index (κ2) is 7.04. The van der Waals surface area contributed by atoms with Crippen molar-refractivity contribution in [3.05, 3.63) is 28.2 Å². The van der Waals surface area contributed by atoms with E-state index in [0.29, 0.717) is 37.0 Å². The Hall–Kier alpha value is -1.02. The normalized spacial score (nSPS) is 15.7. The largest absolute Gasteiger partial charge is 0.378 e. The van der Waals surface area contributed by atoms with Crippen molar-refractivity contribution in [1.29, 1.82) is 0 Å². The van der Waals surface area contributed by atoms with Crippen molar-refractivity contribution in [2.24, 2.45) is 0 Å². The van der Waals surface area contributed by atoms with E-state index in [2.05, 4.69) is 0 Å². The van der Waals surface area contributed by atoms with Crippen molar-refractivity contribution in [1.82, 2.24) is 4.90 Å². The lowest BCUT2D eigenvalue weighted by Gasteiger charge is -2.30. The number of benzene rings is 1. The fourth-order valence-corrected chi connectivity index (χ4v) is 3.21. The highest BCUT2D eigenvalue weighted by Gasteiger charge is 2.25. The topological polar surface area (TPSA) is 66.9 Å². The van der Waals surface area contributed by atoms with E-state index in [9.17, 15) is 13.2 Å². The minimum atomic E-state index is -3.63. The molecule has 0 aromatic heterocycles. The Morgan fingerprint density at radius 2 is 1.91 bits per heavy atom. The third-order valence-corrected chi connectivity index (χ3v) is 5.11. The minimum Gasteiger partial charge on any atom is -0.378 e. The van der Waals surface area contributed by atoms with Crippen LogP contribution in [0.1, 0.15) is 0 Å². The number of rotatable bonds is 4. The molecular weight excluding hydrogens is 351 g/mol. The molecule has 1 aliphatic heterocycles. The summed E-state index contributed by atoms with van der Waals surface area (Å²) in [6.07, 6.45) is 1.04. The number of carbonyl (C=O) groups excluding carboxylic acids is 1. The van der Waals surface area contributed by atoms with Crippen LogP contribution in [0.25, 0.3) is 0 Å². The van der Waals surface area contributed by atoms with Crippen molar-refractivity contribution >= 4 is 44.8 Å². The Labute approximate surface area is 139 Å². The van der Waals surface area contributed by atoms with Crippen molar-refractivity contribution < 1.29 is 17.9 Å². The average molecular weight is 367 g/mol. The standard InChI is InChI=1S/C13H16Cl2N2O4S/c1-22(19,20)17(10-2-3-11(14)12(15)8-10)9-13(18)16-4-6-21-7-5-16/h2-3,8H,4-7,9H2,1H3. The van der Waals surface area contributed by atoms with Crippen LogP contribution in [0.2, 0.25) is 10.0 Å². The summed E-state index contributed by atoms with van der Waals surface area (Å²) in [5.74, 6) is -0.278. The summed E-state index contributed by atoms with van der Waals surface area (Å²) in [4.78, 5) is 13.9. The van der Waals surface area contributed by atoms with Crippen LogP contribution in [-0.2, 0) is 19.6 Å². The Kier molecular flexibility index (Phi) is 5.55. The molecule has 0 spiro atoms. The zero-order valence-electron chi connectivity index (χ0n) is 12.0. The number of anilines is 1. The zero-order valence-corrected chi connectivity index (χ0v) is 14.3. The monoisotopic (exact) mass is 366 g/mol. The molecule has 2 rings (SSSR count). The van der Waals surface area contributed by atoms with Crippen LogP contribution < -0.4 is 4.31 Å². The van der Waals surface area contributed by atoms with E-state index >= 15 is 0 Å². The van der Waals surface area contributed by atoms with Gasteiger partial charge in [-0.25, -0.2) is 8.42 Å². The molecule has 1 saturated heterocycles. The molecule has 0 N–H and O–H groups in total. The zero-order chi connectivity index (χ0) is 16.3. The van der Waals surface area contributed by atoms with E-state index in [1.54, 1.807) is 4.90 Å². The summed E-state index contributed by atoms with van der Waals surface area (Å²) in [5.41, 5.74) is 0.304. The van der Waals surface area contributed by atoms with Gasteiger partial charge in [0.2, 0.25) is 15.9 Å². The van der Waals surface area contributed by atoms with Gasteiger partial charge >= 0.3 is 0 Å². The van der Waals surface area contributed by atoms with E-state index in [-0.39, 0.29) is 17.5 Å². The van der Waals surface area contributed by atoms with Crippen LogP contribution in [-0.4, -0.2) is 58.3 Å².